The van der Waals surface area contributed by atoms with Gasteiger partial charge < -0.3 is 15.4 Å². The number of ether oxygens (including phenoxy) is 1. The Balaban J connectivity index is 1.50. The lowest BCUT2D eigenvalue weighted by Crippen LogP contribution is -2.45. The lowest BCUT2D eigenvalue weighted by atomic mass is 10.1. The van der Waals surface area contributed by atoms with Crippen molar-refractivity contribution in [1.29, 1.82) is 0 Å². The van der Waals surface area contributed by atoms with Crippen molar-refractivity contribution in [3.05, 3.63) is 57.8 Å². The van der Waals surface area contributed by atoms with Crippen LogP contribution < -0.4 is 10.6 Å². The number of aryl methyl sites for hydroxylation is 1. The summed E-state index contributed by atoms with van der Waals surface area (Å²) in [6, 6.07) is 11.5. The van der Waals surface area contributed by atoms with Crippen molar-refractivity contribution in [1.82, 2.24) is 15.5 Å². The maximum absolute atomic E-state index is 12.2. The molecule has 0 aliphatic carbocycles. The monoisotopic (exact) mass is 387 g/mol. The predicted molar refractivity (Wildman–Crippen MR) is 106 cm³/mol. The highest BCUT2D eigenvalue weighted by Gasteiger charge is 2.24. The number of nitrogens with one attached hydrogen (secondary N) is 2. The minimum absolute atomic E-state index is 0.0347. The summed E-state index contributed by atoms with van der Waals surface area (Å²) in [5.41, 5.74) is 1.64. The predicted octanol–water partition coefficient (Wildman–Crippen LogP) is 1.98. The highest BCUT2D eigenvalue weighted by atomic mass is 32.1. The molecule has 27 heavy (non-hydrogen) atoms. The summed E-state index contributed by atoms with van der Waals surface area (Å²) in [7, 11) is 0. The van der Waals surface area contributed by atoms with E-state index in [1.54, 1.807) is 23.5 Å². The number of nitrogens with zero attached hydrogens (tertiary/aromatic N) is 1. The molecule has 1 aliphatic heterocycles. The summed E-state index contributed by atoms with van der Waals surface area (Å²) in [5, 5.41) is 7.68. The van der Waals surface area contributed by atoms with Gasteiger partial charge in [-0.15, -0.1) is 11.3 Å². The molecule has 6 nitrogen and oxygen atoms in total. The van der Waals surface area contributed by atoms with Gasteiger partial charge in [-0.25, -0.2) is 0 Å². The molecule has 2 aromatic rings. The van der Waals surface area contributed by atoms with Gasteiger partial charge in [-0.1, -0.05) is 23.8 Å². The molecule has 7 heteroatoms. The van der Waals surface area contributed by atoms with Crippen molar-refractivity contribution in [3.63, 3.8) is 0 Å². The van der Waals surface area contributed by atoms with E-state index in [2.05, 4.69) is 21.6 Å². The molecule has 0 bridgehead atoms. The number of thiophene rings is 1. The maximum atomic E-state index is 12.2. The van der Waals surface area contributed by atoms with Crippen LogP contribution in [0, 0.1) is 6.92 Å². The second kappa shape index (κ2) is 9.64. The van der Waals surface area contributed by atoms with Crippen molar-refractivity contribution < 1.29 is 14.3 Å². The van der Waals surface area contributed by atoms with Gasteiger partial charge in [0.15, 0.2) is 0 Å². The fraction of sp³-hybridized carbons (Fsp3) is 0.400. The second-order valence-electron chi connectivity index (χ2n) is 6.53. The Morgan fingerprint density at radius 2 is 1.89 bits per heavy atom. The molecular weight excluding hydrogens is 362 g/mol. The first-order valence-corrected chi connectivity index (χ1v) is 9.98. The van der Waals surface area contributed by atoms with E-state index in [-0.39, 0.29) is 24.4 Å². The molecule has 1 fully saturated rings. The molecule has 1 atom stereocenters. The van der Waals surface area contributed by atoms with Crippen molar-refractivity contribution in [2.75, 3.05) is 39.4 Å². The lowest BCUT2D eigenvalue weighted by molar-refractivity contribution is -0.120. The van der Waals surface area contributed by atoms with E-state index in [1.165, 1.54) is 4.88 Å². The Hall–Kier alpha value is -2.22. The highest BCUT2D eigenvalue weighted by Crippen LogP contribution is 2.25. The third-order valence-electron chi connectivity index (χ3n) is 4.57. The molecule has 1 aliphatic rings. The molecule has 144 valence electrons. The van der Waals surface area contributed by atoms with Gasteiger partial charge in [0.25, 0.3) is 5.91 Å². The van der Waals surface area contributed by atoms with Crippen molar-refractivity contribution >= 4 is 23.2 Å². The van der Waals surface area contributed by atoms with Crippen LogP contribution in [0.25, 0.3) is 0 Å². The third-order valence-corrected chi connectivity index (χ3v) is 5.55. The zero-order chi connectivity index (χ0) is 19.1. The van der Waals surface area contributed by atoms with Crippen LogP contribution in [0.5, 0.6) is 0 Å². The van der Waals surface area contributed by atoms with Crippen LogP contribution in [-0.4, -0.2) is 56.1 Å². The summed E-state index contributed by atoms with van der Waals surface area (Å²) >= 11 is 1.69. The smallest absolute Gasteiger partial charge is 0.251 e. The molecule has 0 spiro atoms. The number of hydrogen-bond acceptors (Lipinski definition) is 5. The third kappa shape index (κ3) is 5.63. The summed E-state index contributed by atoms with van der Waals surface area (Å²) < 4.78 is 5.43. The molecular formula is C20H25N3O3S. The van der Waals surface area contributed by atoms with Gasteiger partial charge >= 0.3 is 0 Å². The first-order valence-electron chi connectivity index (χ1n) is 9.10. The van der Waals surface area contributed by atoms with E-state index >= 15 is 0 Å². The molecule has 2 N–H and O–H groups in total. The SMILES string of the molecule is Cc1ccc(C(=O)NCC(=O)NC[C@@H](c2cccs2)N2CCOCC2)cc1. The fourth-order valence-electron chi connectivity index (χ4n) is 3.02. The Kier molecular flexibility index (Phi) is 6.98. The largest absolute Gasteiger partial charge is 0.379 e. The minimum atomic E-state index is -0.242. The molecule has 0 saturated carbocycles. The van der Waals surface area contributed by atoms with E-state index in [9.17, 15) is 9.59 Å². The van der Waals surface area contributed by atoms with Gasteiger partial charge in [0.2, 0.25) is 5.91 Å². The van der Waals surface area contributed by atoms with Gasteiger partial charge in [0.1, 0.15) is 0 Å². The molecule has 1 aromatic carbocycles. The van der Waals surface area contributed by atoms with Gasteiger partial charge in [-0.05, 0) is 30.5 Å². The quantitative estimate of drug-likeness (QED) is 0.762. The average Bonchev–Trinajstić information content (AvgIpc) is 3.22. The number of amides is 2. The number of carbonyl (C=O) groups is 2. The molecule has 2 amide bonds. The van der Waals surface area contributed by atoms with E-state index in [0.717, 1.165) is 18.7 Å². The molecule has 2 heterocycles. The number of benzene rings is 1. The van der Waals surface area contributed by atoms with E-state index in [4.69, 9.17) is 4.74 Å². The summed E-state index contributed by atoms with van der Waals surface area (Å²) in [6.45, 7) is 5.57. The maximum Gasteiger partial charge on any atom is 0.251 e. The molecule has 0 unspecified atom stereocenters. The van der Waals surface area contributed by atoms with E-state index < -0.39 is 0 Å². The first-order chi connectivity index (χ1) is 13.1. The van der Waals surface area contributed by atoms with Crippen LogP contribution in [0.4, 0.5) is 0 Å². The lowest BCUT2D eigenvalue weighted by Gasteiger charge is -2.34. The average molecular weight is 388 g/mol. The zero-order valence-corrected chi connectivity index (χ0v) is 16.3. The van der Waals surface area contributed by atoms with Gasteiger partial charge in [-0.2, -0.15) is 0 Å². The van der Waals surface area contributed by atoms with Gasteiger partial charge in [-0.3, -0.25) is 14.5 Å². The van der Waals surface area contributed by atoms with Gasteiger partial charge in [0.05, 0.1) is 25.8 Å². The number of morpholine rings is 1. The van der Waals surface area contributed by atoms with E-state index in [0.29, 0.717) is 25.3 Å². The standard InChI is InChI=1S/C20H25N3O3S/c1-15-4-6-16(7-5-15)20(25)22-14-19(24)21-13-17(18-3-2-12-27-18)23-8-10-26-11-9-23/h2-7,12,17H,8-11,13-14H2,1H3,(H,21,24)(H,22,25)/t17-/m0/s1. The summed E-state index contributed by atoms with van der Waals surface area (Å²) in [5.74, 6) is -0.432. The normalized spacial score (nSPS) is 15.9. The van der Waals surface area contributed by atoms with Crippen molar-refractivity contribution in [3.8, 4) is 0 Å². The number of rotatable bonds is 7. The summed E-state index contributed by atoms with van der Waals surface area (Å²) in [4.78, 5) is 27.9. The topological polar surface area (TPSA) is 70.7 Å². The van der Waals surface area contributed by atoms with Crippen molar-refractivity contribution in [2.24, 2.45) is 0 Å². The van der Waals surface area contributed by atoms with Crippen LogP contribution in [-0.2, 0) is 9.53 Å². The Morgan fingerprint density at radius 3 is 2.56 bits per heavy atom. The minimum Gasteiger partial charge on any atom is -0.379 e. The Bertz CT molecular complexity index is 740. The number of hydrogen-bond donors (Lipinski definition) is 2. The highest BCUT2D eigenvalue weighted by molar-refractivity contribution is 7.10. The molecule has 1 aromatic heterocycles. The van der Waals surface area contributed by atoms with Crippen LogP contribution >= 0.6 is 11.3 Å². The van der Waals surface area contributed by atoms with Crippen LogP contribution in [0.2, 0.25) is 0 Å². The van der Waals surface area contributed by atoms with Crippen molar-refractivity contribution in [2.45, 2.75) is 13.0 Å². The number of carbonyl (C=O) groups excluding carboxylic acids is 2. The van der Waals surface area contributed by atoms with Crippen LogP contribution in [0.15, 0.2) is 41.8 Å². The first kappa shape index (κ1) is 19.5. The Labute approximate surface area is 163 Å². The molecule has 1 saturated heterocycles. The molecule has 0 radical (unpaired) electrons. The van der Waals surface area contributed by atoms with E-state index in [1.807, 2.05) is 30.5 Å². The Morgan fingerprint density at radius 1 is 1.15 bits per heavy atom. The fourth-order valence-corrected chi connectivity index (χ4v) is 3.88. The van der Waals surface area contributed by atoms with Gasteiger partial charge in [0, 0.05) is 30.1 Å². The van der Waals surface area contributed by atoms with Crippen LogP contribution in [0.1, 0.15) is 26.8 Å². The second-order valence-corrected chi connectivity index (χ2v) is 7.51. The zero-order valence-electron chi connectivity index (χ0n) is 15.4. The molecule has 3 rings (SSSR count). The van der Waals surface area contributed by atoms with Crippen LogP contribution in [0.3, 0.4) is 0 Å². The summed E-state index contributed by atoms with van der Waals surface area (Å²) in [6.07, 6.45) is 0.